The molecule has 0 saturated heterocycles. The number of rotatable bonds is 5. The summed E-state index contributed by atoms with van der Waals surface area (Å²) in [6.45, 7) is 0.130. The summed E-state index contributed by atoms with van der Waals surface area (Å²) in [6, 6.07) is 10.8. The van der Waals surface area contributed by atoms with Gasteiger partial charge in [-0.15, -0.1) is 0 Å². The SMILES string of the molecule is CN(C)c1ccc(CNS(=O)(=O)c2ccc3oc(=O)ccc3c2)cn1. The minimum Gasteiger partial charge on any atom is -0.423 e. The fourth-order valence-electron chi connectivity index (χ4n) is 2.26. The number of benzene rings is 1. The van der Waals surface area contributed by atoms with E-state index in [1.54, 1.807) is 6.20 Å². The van der Waals surface area contributed by atoms with Gasteiger partial charge in [-0.05, 0) is 35.9 Å². The van der Waals surface area contributed by atoms with Gasteiger partial charge in [-0.25, -0.2) is 22.9 Å². The summed E-state index contributed by atoms with van der Waals surface area (Å²) in [5.41, 5.74) is 0.616. The lowest BCUT2D eigenvalue weighted by atomic mass is 10.2. The maximum absolute atomic E-state index is 12.5. The highest BCUT2D eigenvalue weighted by Gasteiger charge is 2.15. The molecule has 130 valence electrons. The van der Waals surface area contributed by atoms with E-state index in [0.717, 1.165) is 11.4 Å². The highest BCUT2D eigenvalue weighted by atomic mass is 32.2. The predicted molar refractivity (Wildman–Crippen MR) is 95.1 cm³/mol. The molecule has 2 heterocycles. The molecule has 25 heavy (non-hydrogen) atoms. The first-order valence-corrected chi connectivity index (χ1v) is 8.99. The molecular weight excluding hydrogens is 342 g/mol. The zero-order valence-electron chi connectivity index (χ0n) is 13.8. The molecule has 0 atom stereocenters. The number of anilines is 1. The molecule has 0 aliphatic rings. The summed E-state index contributed by atoms with van der Waals surface area (Å²) in [6.07, 6.45) is 1.63. The molecule has 1 aromatic carbocycles. The van der Waals surface area contributed by atoms with Gasteiger partial charge in [0.2, 0.25) is 10.0 Å². The van der Waals surface area contributed by atoms with E-state index in [4.69, 9.17) is 4.42 Å². The number of nitrogens with zero attached hydrogens (tertiary/aromatic N) is 2. The minimum atomic E-state index is -3.69. The van der Waals surface area contributed by atoms with E-state index in [-0.39, 0.29) is 11.4 Å². The van der Waals surface area contributed by atoms with Crippen LogP contribution in [0.15, 0.2) is 62.8 Å². The van der Waals surface area contributed by atoms with Gasteiger partial charge in [0.05, 0.1) is 4.90 Å². The van der Waals surface area contributed by atoms with E-state index in [1.165, 1.54) is 30.3 Å². The highest BCUT2D eigenvalue weighted by molar-refractivity contribution is 7.89. The molecule has 0 fully saturated rings. The van der Waals surface area contributed by atoms with Crippen molar-refractivity contribution >= 4 is 26.8 Å². The Morgan fingerprint density at radius 2 is 1.92 bits per heavy atom. The molecule has 0 aliphatic carbocycles. The van der Waals surface area contributed by atoms with Crippen molar-refractivity contribution in [1.29, 1.82) is 0 Å². The fraction of sp³-hybridized carbons (Fsp3) is 0.176. The summed E-state index contributed by atoms with van der Waals surface area (Å²) in [7, 11) is 0.0685. The molecule has 8 heteroatoms. The maximum Gasteiger partial charge on any atom is 0.336 e. The fourth-order valence-corrected chi connectivity index (χ4v) is 3.32. The molecule has 3 rings (SSSR count). The van der Waals surface area contributed by atoms with Crippen LogP contribution in [0.1, 0.15) is 5.56 Å². The van der Waals surface area contributed by atoms with Crippen LogP contribution in [0.2, 0.25) is 0 Å². The van der Waals surface area contributed by atoms with Crippen LogP contribution in [0.25, 0.3) is 11.0 Å². The van der Waals surface area contributed by atoms with Crippen molar-refractivity contribution in [1.82, 2.24) is 9.71 Å². The maximum atomic E-state index is 12.5. The van der Waals surface area contributed by atoms with Gasteiger partial charge in [0.15, 0.2) is 0 Å². The lowest BCUT2D eigenvalue weighted by molar-refractivity contribution is 0.560. The largest absolute Gasteiger partial charge is 0.423 e. The number of hydrogen-bond acceptors (Lipinski definition) is 6. The van der Waals surface area contributed by atoms with Crippen molar-refractivity contribution in [3.05, 3.63) is 64.6 Å². The monoisotopic (exact) mass is 359 g/mol. The number of aromatic nitrogens is 1. The topological polar surface area (TPSA) is 92.5 Å². The molecule has 7 nitrogen and oxygen atoms in total. The van der Waals surface area contributed by atoms with Gasteiger partial charge in [0, 0.05) is 38.3 Å². The van der Waals surface area contributed by atoms with Crippen molar-refractivity contribution in [3.63, 3.8) is 0 Å². The molecule has 2 aromatic heterocycles. The van der Waals surface area contributed by atoms with Crippen LogP contribution >= 0.6 is 0 Å². The number of pyridine rings is 1. The van der Waals surface area contributed by atoms with Crippen molar-refractivity contribution in [2.24, 2.45) is 0 Å². The van der Waals surface area contributed by atoms with Crippen LogP contribution in [0.3, 0.4) is 0 Å². The van der Waals surface area contributed by atoms with E-state index in [1.807, 2.05) is 31.1 Å². The second-order valence-corrected chi connectivity index (χ2v) is 7.46. The Morgan fingerprint density at radius 3 is 2.60 bits per heavy atom. The highest BCUT2D eigenvalue weighted by Crippen LogP contribution is 2.18. The first-order valence-electron chi connectivity index (χ1n) is 7.51. The minimum absolute atomic E-state index is 0.103. The molecule has 0 radical (unpaired) electrons. The van der Waals surface area contributed by atoms with Crippen LogP contribution in [0.5, 0.6) is 0 Å². The summed E-state index contributed by atoms with van der Waals surface area (Å²) >= 11 is 0. The normalized spacial score (nSPS) is 11.6. The average molecular weight is 359 g/mol. The molecule has 0 unspecified atom stereocenters. The third-order valence-electron chi connectivity index (χ3n) is 3.63. The van der Waals surface area contributed by atoms with Gasteiger partial charge in [-0.1, -0.05) is 6.07 Å². The van der Waals surface area contributed by atoms with E-state index in [9.17, 15) is 13.2 Å². The van der Waals surface area contributed by atoms with Crippen molar-refractivity contribution in [3.8, 4) is 0 Å². The first-order chi connectivity index (χ1) is 11.8. The van der Waals surface area contributed by atoms with E-state index in [2.05, 4.69) is 9.71 Å². The third kappa shape index (κ3) is 3.86. The van der Waals surface area contributed by atoms with Gasteiger partial charge in [0.1, 0.15) is 11.4 Å². The summed E-state index contributed by atoms with van der Waals surface area (Å²) in [5.74, 6) is 0.794. The Morgan fingerprint density at radius 1 is 1.12 bits per heavy atom. The lowest BCUT2D eigenvalue weighted by Gasteiger charge is -2.12. The average Bonchev–Trinajstić information content (AvgIpc) is 2.60. The van der Waals surface area contributed by atoms with E-state index < -0.39 is 15.6 Å². The number of sulfonamides is 1. The standard InChI is InChI=1S/C17H17N3O4S/c1-20(2)16-7-3-12(10-18-16)11-19-25(22,23)14-5-6-15-13(9-14)4-8-17(21)24-15/h3-10,19H,11H2,1-2H3. The van der Waals surface area contributed by atoms with Crippen LogP contribution in [-0.4, -0.2) is 27.5 Å². The van der Waals surface area contributed by atoms with Gasteiger partial charge < -0.3 is 9.32 Å². The Balaban J connectivity index is 1.79. The Bertz CT molecular complexity index is 1060. The Hall–Kier alpha value is -2.71. The molecule has 0 spiro atoms. The molecule has 0 aliphatic heterocycles. The molecule has 3 aromatic rings. The Labute approximate surface area is 145 Å². The predicted octanol–water partition coefficient (Wildman–Crippen LogP) is 1.73. The Kier molecular flexibility index (Phi) is 4.56. The lowest BCUT2D eigenvalue weighted by Crippen LogP contribution is -2.23. The zero-order valence-corrected chi connectivity index (χ0v) is 14.6. The van der Waals surface area contributed by atoms with Gasteiger partial charge in [-0.2, -0.15) is 0 Å². The van der Waals surface area contributed by atoms with Gasteiger partial charge >= 0.3 is 5.63 Å². The molecular formula is C17H17N3O4S. The van der Waals surface area contributed by atoms with E-state index in [0.29, 0.717) is 11.0 Å². The van der Waals surface area contributed by atoms with Gasteiger partial charge in [-0.3, -0.25) is 0 Å². The van der Waals surface area contributed by atoms with Crippen LogP contribution in [0.4, 0.5) is 5.82 Å². The summed E-state index contributed by atoms with van der Waals surface area (Å²) in [5, 5.41) is 0.541. The van der Waals surface area contributed by atoms with Crippen LogP contribution in [0, 0.1) is 0 Å². The van der Waals surface area contributed by atoms with Crippen LogP contribution in [-0.2, 0) is 16.6 Å². The second kappa shape index (κ2) is 6.66. The van der Waals surface area contributed by atoms with Gasteiger partial charge in [0.25, 0.3) is 0 Å². The smallest absolute Gasteiger partial charge is 0.336 e. The molecule has 0 amide bonds. The van der Waals surface area contributed by atoms with E-state index >= 15 is 0 Å². The van der Waals surface area contributed by atoms with Crippen molar-refractivity contribution in [2.75, 3.05) is 19.0 Å². The van der Waals surface area contributed by atoms with Crippen molar-refractivity contribution in [2.45, 2.75) is 11.4 Å². The summed E-state index contributed by atoms with van der Waals surface area (Å²) < 4.78 is 32.5. The molecule has 0 saturated carbocycles. The second-order valence-electron chi connectivity index (χ2n) is 5.70. The summed E-state index contributed by atoms with van der Waals surface area (Å²) in [4.78, 5) is 17.4. The number of hydrogen-bond donors (Lipinski definition) is 1. The molecule has 0 bridgehead atoms. The number of nitrogens with one attached hydrogen (secondary N) is 1. The third-order valence-corrected chi connectivity index (χ3v) is 5.03. The zero-order chi connectivity index (χ0) is 18.0. The first kappa shape index (κ1) is 17.1. The number of fused-ring (bicyclic) bond motifs is 1. The molecule has 1 N–H and O–H groups in total. The van der Waals surface area contributed by atoms with Crippen molar-refractivity contribution < 1.29 is 12.8 Å². The quantitative estimate of drug-likeness (QED) is 0.698. The van der Waals surface area contributed by atoms with Crippen LogP contribution < -0.4 is 15.2 Å².